The summed E-state index contributed by atoms with van der Waals surface area (Å²) in [6.07, 6.45) is 0.848. The van der Waals surface area contributed by atoms with Crippen molar-refractivity contribution >= 4 is 20.8 Å². The standard InChI is InChI=1S/C17H17N3O3S/c1-2-12-7-9-13(10-8-12)24(22,23)18-11-16-14-5-3-4-6-15(14)17(21)20-19-16/h3-10,18H,2,11H2,1H3,(H,20,21). The smallest absolute Gasteiger partial charge is 0.267 e. The lowest BCUT2D eigenvalue weighted by atomic mass is 10.1. The van der Waals surface area contributed by atoms with Crippen LogP contribution in [0.5, 0.6) is 0 Å². The number of hydrogen-bond acceptors (Lipinski definition) is 4. The molecule has 0 aliphatic carbocycles. The maximum Gasteiger partial charge on any atom is 0.272 e. The van der Waals surface area contributed by atoms with Gasteiger partial charge in [0, 0.05) is 5.39 Å². The van der Waals surface area contributed by atoms with Gasteiger partial charge in [-0.25, -0.2) is 18.2 Å². The predicted octanol–water partition coefficient (Wildman–Crippen LogP) is 1.96. The number of H-pyrrole nitrogens is 1. The van der Waals surface area contributed by atoms with Crippen molar-refractivity contribution in [2.45, 2.75) is 24.8 Å². The summed E-state index contributed by atoms with van der Waals surface area (Å²) in [6, 6.07) is 13.7. The number of aryl methyl sites for hydroxylation is 1. The molecule has 0 aliphatic rings. The Kier molecular flexibility index (Phi) is 4.46. The van der Waals surface area contributed by atoms with Gasteiger partial charge in [0.25, 0.3) is 5.56 Å². The Hall–Kier alpha value is -2.51. The fourth-order valence-corrected chi connectivity index (χ4v) is 3.45. The molecule has 124 valence electrons. The van der Waals surface area contributed by atoms with Crippen LogP contribution in [0.4, 0.5) is 0 Å². The van der Waals surface area contributed by atoms with Crippen molar-refractivity contribution in [3.05, 3.63) is 70.1 Å². The number of aromatic nitrogens is 2. The summed E-state index contributed by atoms with van der Waals surface area (Å²) in [5.74, 6) is 0. The van der Waals surface area contributed by atoms with Crippen LogP contribution in [-0.2, 0) is 23.0 Å². The molecule has 2 aromatic carbocycles. The third-order valence-corrected chi connectivity index (χ3v) is 5.26. The first-order chi connectivity index (χ1) is 11.5. The van der Waals surface area contributed by atoms with Gasteiger partial charge in [0.2, 0.25) is 10.0 Å². The first kappa shape index (κ1) is 16.4. The number of hydrogen-bond donors (Lipinski definition) is 2. The van der Waals surface area contributed by atoms with Crippen LogP contribution in [0.3, 0.4) is 0 Å². The van der Waals surface area contributed by atoms with Crippen molar-refractivity contribution in [2.24, 2.45) is 0 Å². The molecule has 3 aromatic rings. The predicted molar refractivity (Wildman–Crippen MR) is 92.2 cm³/mol. The van der Waals surface area contributed by atoms with E-state index in [1.807, 2.05) is 6.92 Å². The van der Waals surface area contributed by atoms with Gasteiger partial charge in [-0.3, -0.25) is 4.79 Å². The van der Waals surface area contributed by atoms with Gasteiger partial charge in [0.05, 0.1) is 22.5 Å². The minimum absolute atomic E-state index is 0.00481. The van der Waals surface area contributed by atoms with Gasteiger partial charge in [0.1, 0.15) is 0 Å². The average molecular weight is 343 g/mol. The van der Waals surface area contributed by atoms with Gasteiger partial charge in [-0.15, -0.1) is 0 Å². The largest absolute Gasteiger partial charge is 0.272 e. The molecule has 0 fully saturated rings. The van der Waals surface area contributed by atoms with E-state index in [9.17, 15) is 13.2 Å². The summed E-state index contributed by atoms with van der Waals surface area (Å²) in [7, 11) is -3.64. The van der Waals surface area contributed by atoms with Crippen molar-refractivity contribution < 1.29 is 8.42 Å². The molecule has 0 bridgehead atoms. The molecule has 24 heavy (non-hydrogen) atoms. The van der Waals surface area contributed by atoms with E-state index in [-0.39, 0.29) is 17.0 Å². The van der Waals surface area contributed by atoms with E-state index < -0.39 is 10.0 Å². The Morgan fingerprint density at radius 1 is 1.04 bits per heavy atom. The molecule has 7 heteroatoms. The van der Waals surface area contributed by atoms with Crippen molar-refractivity contribution in [2.75, 3.05) is 0 Å². The van der Waals surface area contributed by atoms with Crippen molar-refractivity contribution in [3.8, 4) is 0 Å². The molecule has 0 atom stereocenters. The van der Waals surface area contributed by atoms with Crippen molar-refractivity contribution in [1.82, 2.24) is 14.9 Å². The molecule has 0 saturated carbocycles. The lowest BCUT2D eigenvalue weighted by molar-refractivity contribution is 0.580. The quantitative estimate of drug-likeness (QED) is 0.741. The highest BCUT2D eigenvalue weighted by atomic mass is 32.2. The average Bonchev–Trinajstić information content (AvgIpc) is 2.61. The third kappa shape index (κ3) is 3.22. The number of nitrogens with zero attached hydrogens (tertiary/aromatic N) is 1. The van der Waals surface area contributed by atoms with E-state index in [0.717, 1.165) is 12.0 Å². The van der Waals surface area contributed by atoms with Crippen LogP contribution in [0.25, 0.3) is 10.8 Å². The molecular formula is C17H17N3O3S. The van der Waals surface area contributed by atoms with Gasteiger partial charge < -0.3 is 0 Å². The number of aromatic amines is 1. The van der Waals surface area contributed by atoms with Crippen molar-refractivity contribution in [1.29, 1.82) is 0 Å². The second-order valence-corrected chi connectivity index (χ2v) is 7.13. The van der Waals surface area contributed by atoms with Crippen LogP contribution in [0.15, 0.2) is 58.2 Å². The lowest BCUT2D eigenvalue weighted by Crippen LogP contribution is -2.25. The van der Waals surface area contributed by atoms with E-state index in [4.69, 9.17) is 0 Å². The fourth-order valence-electron chi connectivity index (χ4n) is 2.46. The summed E-state index contributed by atoms with van der Waals surface area (Å²) in [4.78, 5) is 12.0. The summed E-state index contributed by atoms with van der Waals surface area (Å²) in [6.45, 7) is 2.00. The molecule has 1 heterocycles. The van der Waals surface area contributed by atoms with Gasteiger partial charge >= 0.3 is 0 Å². The molecule has 0 saturated heterocycles. The normalized spacial score (nSPS) is 11.7. The van der Waals surface area contributed by atoms with Crippen LogP contribution in [0.1, 0.15) is 18.2 Å². The second kappa shape index (κ2) is 6.54. The zero-order valence-corrected chi connectivity index (χ0v) is 13.9. The second-order valence-electron chi connectivity index (χ2n) is 5.37. The topological polar surface area (TPSA) is 91.9 Å². The summed E-state index contributed by atoms with van der Waals surface area (Å²) in [5.41, 5.74) is 1.24. The molecule has 0 spiro atoms. The van der Waals surface area contributed by atoms with E-state index in [0.29, 0.717) is 16.5 Å². The minimum Gasteiger partial charge on any atom is -0.267 e. The first-order valence-corrected chi connectivity index (χ1v) is 9.04. The molecule has 1 aromatic heterocycles. The molecule has 0 amide bonds. The Morgan fingerprint density at radius 2 is 1.71 bits per heavy atom. The summed E-state index contributed by atoms with van der Waals surface area (Å²) in [5, 5.41) is 7.47. The van der Waals surface area contributed by atoms with Gasteiger partial charge in [0.15, 0.2) is 0 Å². The SMILES string of the molecule is CCc1ccc(S(=O)(=O)NCc2n[nH]c(=O)c3ccccc23)cc1. The highest BCUT2D eigenvalue weighted by molar-refractivity contribution is 7.89. The Morgan fingerprint density at radius 3 is 2.38 bits per heavy atom. The number of benzene rings is 2. The van der Waals surface area contributed by atoms with Crippen LogP contribution >= 0.6 is 0 Å². The van der Waals surface area contributed by atoms with E-state index in [2.05, 4.69) is 14.9 Å². The van der Waals surface area contributed by atoms with Crippen LogP contribution < -0.4 is 10.3 Å². The fraction of sp³-hybridized carbons (Fsp3) is 0.176. The van der Waals surface area contributed by atoms with Crippen molar-refractivity contribution in [3.63, 3.8) is 0 Å². The van der Waals surface area contributed by atoms with E-state index >= 15 is 0 Å². The Balaban J connectivity index is 1.87. The highest BCUT2D eigenvalue weighted by Crippen LogP contribution is 2.14. The van der Waals surface area contributed by atoms with Gasteiger partial charge in [-0.05, 0) is 30.2 Å². The number of fused-ring (bicyclic) bond motifs is 1. The summed E-state index contributed by atoms with van der Waals surface area (Å²) >= 11 is 0. The maximum absolute atomic E-state index is 12.4. The number of nitrogens with one attached hydrogen (secondary N) is 2. The molecule has 2 N–H and O–H groups in total. The minimum atomic E-state index is -3.64. The number of rotatable bonds is 5. The molecule has 0 aliphatic heterocycles. The lowest BCUT2D eigenvalue weighted by Gasteiger charge is -2.08. The number of sulfonamides is 1. The molecule has 0 unspecified atom stereocenters. The summed E-state index contributed by atoms with van der Waals surface area (Å²) < 4.78 is 27.3. The molecule has 3 rings (SSSR count). The zero-order valence-electron chi connectivity index (χ0n) is 13.1. The maximum atomic E-state index is 12.4. The molecular weight excluding hydrogens is 326 g/mol. The van der Waals surface area contributed by atoms with Crippen LogP contribution in [0.2, 0.25) is 0 Å². The Bertz CT molecular complexity index is 1020. The van der Waals surface area contributed by atoms with Gasteiger partial charge in [-0.1, -0.05) is 37.3 Å². The van der Waals surface area contributed by atoms with Crippen LogP contribution in [-0.4, -0.2) is 18.6 Å². The first-order valence-electron chi connectivity index (χ1n) is 7.56. The molecule has 6 nitrogen and oxygen atoms in total. The van der Waals surface area contributed by atoms with E-state index in [1.54, 1.807) is 48.5 Å². The highest BCUT2D eigenvalue weighted by Gasteiger charge is 2.15. The third-order valence-electron chi connectivity index (χ3n) is 3.85. The Labute approximate surface area is 139 Å². The monoisotopic (exact) mass is 343 g/mol. The van der Waals surface area contributed by atoms with Crippen LogP contribution in [0, 0.1) is 0 Å². The molecule has 0 radical (unpaired) electrons. The van der Waals surface area contributed by atoms with Gasteiger partial charge in [-0.2, -0.15) is 5.10 Å². The zero-order chi connectivity index (χ0) is 17.2. The van der Waals surface area contributed by atoms with E-state index in [1.165, 1.54) is 0 Å².